The molecule has 0 bridgehead atoms. The van der Waals surface area contributed by atoms with E-state index in [9.17, 15) is 0 Å². The van der Waals surface area contributed by atoms with Crippen LogP contribution < -0.4 is 0 Å². The van der Waals surface area contributed by atoms with Crippen molar-refractivity contribution in [2.45, 2.75) is 39.5 Å². The second-order valence-electron chi connectivity index (χ2n) is 3.67. The largest absolute Gasteiger partial charge is 0.0883 e. The SMILES string of the molecule is CC1C=CCCC(C)CC1. The summed E-state index contributed by atoms with van der Waals surface area (Å²) < 4.78 is 0. The molecule has 2 atom stereocenters. The van der Waals surface area contributed by atoms with E-state index in [0.29, 0.717) is 0 Å². The first-order chi connectivity index (χ1) is 4.79. The minimum atomic E-state index is 0.822. The Bertz CT molecular complexity index is 113. The molecular formula is C10H18. The maximum absolute atomic E-state index is 2.37. The lowest BCUT2D eigenvalue weighted by Crippen LogP contribution is -2.00. The van der Waals surface area contributed by atoms with Crippen LogP contribution in [0.15, 0.2) is 12.2 Å². The third-order valence-electron chi connectivity index (χ3n) is 2.41. The minimum Gasteiger partial charge on any atom is -0.0883 e. The third-order valence-corrected chi connectivity index (χ3v) is 2.41. The molecule has 1 rings (SSSR count). The van der Waals surface area contributed by atoms with Gasteiger partial charge in [0.25, 0.3) is 0 Å². The quantitative estimate of drug-likeness (QED) is 0.450. The fourth-order valence-corrected chi connectivity index (χ4v) is 1.50. The highest BCUT2D eigenvalue weighted by atomic mass is 14.1. The first-order valence-corrected chi connectivity index (χ1v) is 4.45. The van der Waals surface area contributed by atoms with Crippen LogP contribution in [-0.2, 0) is 0 Å². The Morgan fingerprint density at radius 2 is 1.90 bits per heavy atom. The van der Waals surface area contributed by atoms with Crippen molar-refractivity contribution in [1.82, 2.24) is 0 Å². The first-order valence-electron chi connectivity index (χ1n) is 4.45. The van der Waals surface area contributed by atoms with E-state index in [-0.39, 0.29) is 0 Å². The van der Waals surface area contributed by atoms with E-state index >= 15 is 0 Å². The molecule has 0 saturated carbocycles. The standard InChI is InChI=1S/C10H18/c1-9-5-3-4-6-10(2)8-7-9/h3,5,9-10H,4,6-8H2,1-2H3. The Labute approximate surface area is 64.3 Å². The van der Waals surface area contributed by atoms with E-state index in [1.807, 2.05) is 0 Å². The van der Waals surface area contributed by atoms with Gasteiger partial charge in [-0.2, -0.15) is 0 Å². The van der Waals surface area contributed by atoms with Crippen molar-refractivity contribution in [2.75, 3.05) is 0 Å². The van der Waals surface area contributed by atoms with Crippen molar-refractivity contribution in [1.29, 1.82) is 0 Å². The van der Waals surface area contributed by atoms with Crippen molar-refractivity contribution in [3.63, 3.8) is 0 Å². The maximum Gasteiger partial charge on any atom is -0.0262 e. The molecule has 0 nitrogen and oxygen atoms in total. The van der Waals surface area contributed by atoms with Crippen molar-refractivity contribution in [2.24, 2.45) is 11.8 Å². The van der Waals surface area contributed by atoms with Crippen molar-refractivity contribution in [3.05, 3.63) is 12.2 Å². The van der Waals surface area contributed by atoms with E-state index < -0.39 is 0 Å². The molecule has 0 fully saturated rings. The smallest absolute Gasteiger partial charge is 0.0262 e. The van der Waals surface area contributed by atoms with Gasteiger partial charge in [0.2, 0.25) is 0 Å². The van der Waals surface area contributed by atoms with E-state index in [0.717, 1.165) is 11.8 Å². The van der Waals surface area contributed by atoms with Gasteiger partial charge in [-0.25, -0.2) is 0 Å². The molecule has 0 heteroatoms. The molecule has 1 aliphatic rings. The molecule has 0 aromatic heterocycles. The normalized spacial score (nSPS) is 35.0. The van der Waals surface area contributed by atoms with Crippen LogP contribution in [0, 0.1) is 11.8 Å². The highest BCUT2D eigenvalue weighted by Gasteiger charge is 2.06. The molecule has 10 heavy (non-hydrogen) atoms. The lowest BCUT2D eigenvalue weighted by molar-refractivity contribution is 0.436. The Hall–Kier alpha value is -0.260. The van der Waals surface area contributed by atoms with E-state index in [1.165, 1.54) is 25.7 Å². The molecule has 58 valence electrons. The van der Waals surface area contributed by atoms with E-state index in [4.69, 9.17) is 0 Å². The fourth-order valence-electron chi connectivity index (χ4n) is 1.50. The van der Waals surface area contributed by atoms with Gasteiger partial charge in [0.15, 0.2) is 0 Å². The summed E-state index contributed by atoms with van der Waals surface area (Å²) in [5.74, 6) is 1.77. The molecule has 0 aromatic rings. The summed E-state index contributed by atoms with van der Waals surface area (Å²) >= 11 is 0. The molecule has 0 heterocycles. The highest BCUT2D eigenvalue weighted by Crippen LogP contribution is 2.20. The zero-order valence-corrected chi connectivity index (χ0v) is 7.14. The van der Waals surface area contributed by atoms with Gasteiger partial charge in [0, 0.05) is 0 Å². The zero-order valence-electron chi connectivity index (χ0n) is 7.14. The molecular weight excluding hydrogens is 120 g/mol. The lowest BCUT2D eigenvalue weighted by atomic mass is 9.91. The van der Waals surface area contributed by atoms with Crippen LogP contribution in [0.3, 0.4) is 0 Å². The highest BCUT2D eigenvalue weighted by molar-refractivity contribution is 4.88. The average Bonchev–Trinajstić information content (AvgIpc) is 1.90. The Balaban J connectivity index is 2.38. The molecule has 2 unspecified atom stereocenters. The fraction of sp³-hybridized carbons (Fsp3) is 0.800. The molecule has 1 aliphatic carbocycles. The topological polar surface area (TPSA) is 0 Å². The first kappa shape index (κ1) is 7.84. The summed E-state index contributed by atoms with van der Waals surface area (Å²) in [5.41, 5.74) is 0. The Morgan fingerprint density at radius 1 is 1.10 bits per heavy atom. The van der Waals surface area contributed by atoms with Gasteiger partial charge in [-0.1, -0.05) is 32.4 Å². The minimum absolute atomic E-state index is 0.822. The predicted octanol–water partition coefficient (Wildman–Crippen LogP) is 3.39. The predicted molar refractivity (Wildman–Crippen MR) is 45.9 cm³/mol. The number of hydrogen-bond donors (Lipinski definition) is 0. The van der Waals surface area contributed by atoms with Crippen LogP contribution in [0.2, 0.25) is 0 Å². The van der Waals surface area contributed by atoms with Gasteiger partial charge < -0.3 is 0 Å². The van der Waals surface area contributed by atoms with Gasteiger partial charge in [-0.15, -0.1) is 0 Å². The summed E-state index contributed by atoms with van der Waals surface area (Å²) in [4.78, 5) is 0. The molecule has 0 N–H and O–H groups in total. The number of allylic oxidation sites excluding steroid dienone is 2. The summed E-state index contributed by atoms with van der Waals surface area (Å²) in [6.45, 7) is 4.68. The summed E-state index contributed by atoms with van der Waals surface area (Å²) in [5, 5.41) is 0. The molecule has 0 aromatic carbocycles. The third kappa shape index (κ3) is 2.55. The Morgan fingerprint density at radius 3 is 2.70 bits per heavy atom. The number of hydrogen-bond acceptors (Lipinski definition) is 0. The van der Waals surface area contributed by atoms with Crippen LogP contribution in [0.4, 0.5) is 0 Å². The van der Waals surface area contributed by atoms with Crippen molar-refractivity contribution in [3.8, 4) is 0 Å². The van der Waals surface area contributed by atoms with Crippen LogP contribution in [0.5, 0.6) is 0 Å². The maximum atomic E-state index is 2.37. The second kappa shape index (κ2) is 3.80. The lowest BCUT2D eigenvalue weighted by Gasteiger charge is -2.15. The van der Waals surface area contributed by atoms with E-state index in [2.05, 4.69) is 26.0 Å². The van der Waals surface area contributed by atoms with Gasteiger partial charge in [-0.05, 0) is 31.1 Å². The van der Waals surface area contributed by atoms with Crippen molar-refractivity contribution >= 4 is 0 Å². The van der Waals surface area contributed by atoms with Crippen LogP contribution in [-0.4, -0.2) is 0 Å². The molecule has 0 amide bonds. The van der Waals surface area contributed by atoms with Crippen LogP contribution in [0.25, 0.3) is 0 Å². The zero-order chi connectivity index (χ0) is 7.40. The molecule has 0 saturated heterocycles. The van der Waals surface area contributed by atoms with Crippen molar-refractivity contribution < 1.29 is 0 Å². The molecule has 0 radical (unpaired) electrons. The van der Waals surface area contributed by atoms with Gasteiger partial charge in [0.1, 0.15) is 0 Å². The van der Waals surface area contributed by atoms with Crippen LogP contribution in [0.1, 0.15) is 39.5 Å². The summed E-state index contributed by atoms with van der Waals surface area (Å²) in [7, 11) is 0. The monoisotopic (exact) mass is 138 g/mol. The average molecular weight is 138 g/mol. The number of rotatable bonds is 0. The summed E-state index contributed by atoms with van der Waals surface area (Å²) in [6, 6.07) is 0. The van der Waals surface area contributed by atoms with Gasteiger partial charge in [0.05, 0.1) is 0 Å². The molecule has 0 aliphatic heterocycles. The van der Waals surface area contributed by atoms with Gasteiger partial charge >= 0.3 is 0 Å². The van der Waals surface area contributed by atoms with Crippen LogP contribution >= 0.6 is 0 Å². The summed E-state index contributed by atoms with van der Waals surface area (Å²) in [6.07, 6.45) is 10.2. The Kier molecular flexibility index (Phi) is 2.98. The van der Waals surface area contributed by atoms with Gasteiger partial charge in [-0.3, -0.25) is 0 Å². The molecule has 0 spiro atoms. The van der Waals surface area contributed by atoms with E-state index in [1.54, 1.807) is 0 Å². The second-order valence-corrected chi connectivity index (χ2v) is 3.67.